The zero-order chi connectivity index (χ0) is 40.4. The molecule has 7 heteroatoms. The Bertz CT molecular complexity index is 2360. The van der Waals surface area contributed by atoms with Gasteiger partial charge in [0.25, 0.3) is 11.8 Å². The zero-order valence-corrected chi connectivity index (χ0v) is 34.7. The van der Waals surface area contributed by atoms with E-state index in [9.17, 15) is 14.4 Å². The van der Waals surface area contributed by atoms with Crippen LogP contribution in [0.25, 0.3) is 21.5 Å². The smallest absolute Gasteiger partial charge is 0.333 e. The molecule has 0 unspecified atom stereocenters. The number of carbonyl (C=O) groups is 3. The van der Waals surface area contributed by atoms with Crippen molar-refractivity contribution < 1.29 is 14.4 Å². The van der Waals surface area contributed by atoms with Crippen molar-refractivity contribution >= 4 is 50.8 Å². The summed E-state index contributed by atoms with van der Waals surface area (Å²) in [5.74, 6) is -1.03. The number of nitrogens with zero attached hydrogens (tertiary/aromatic N) is 4. The molecule has 1 aliphatic carbocycles. The van der Waals surface area contributed by atoms with Crippen LogP contribution in [0.1, 0.15) is 85.8 Å². The van der Waals surface area contributed by atoms with Crippen LogP contribution >= 0.6 is 0 Å². The molecule has 0 N–H and O–H groups in total. The highest BCUT2D eigenvalue weighted by molar-refractivity contribution is 6.29. The van der Waals surface area contributed by atoms with E-state index in [0.717, 1.165) is 30.7 Å². The fourth-order valence-corrected chi connectivity index (χ4v) is 10.1. The normalized spacial score (nSPS) is 22.1. The van der Waals surface area contributed by atoms with Crippen LogP contribution in [0.4, 0.5) is 16.2 Å². The number of hydrogen-bond donors (Lipinski definition) is 0. The number of amides is 4. The van der Waals surface area contributed by atoms with Gasteiger partial charge in [0.15, 0.2) is 0 Å². The first-order valence-corrected chi connectivity index (χ1v) is 20.7. The van der Waals surface area contributed by atoms with Crippen LogP contribution in [0.15, 0.2) is 131 Å². The molecule has 4 aliphatic rings. The second-order valence-corrected chi connectivity index (χ2v) is 16.6. The second kappa shape index (κ2) is 14.4. The molecule has 7 nitrogen and oxygen atoms in total. The summed E-state index contributed by atoms with van der Waals surface area (Å²) in [7, 11) is 0. The monoisotopic (exact) mass is 758 g/mol. The first kappa shape index (κ1) is 38.2. The fourth-order valence-electron chi connectivity index (χ4n) is 10.1. The van der Waals surface area contributed by atoms with Gasteiger partial charge in [0.2, 0.25) is 0 Å². The molecule has 0 aromatic heterocycles. The van der Waals surface area contributed by atoms with Crippen LogP contribution in [0.3, 0.4) is 0 Å². The first-order chi connectivity index (χ1) is 27.4. The Morgan fingerprint density at radius 3 is 1.32 bits per heavy atom. The molecule has 4 aromatic rings. The lowest BCUT2D eigenvalue weighted by Gasteiger charge is -2.35. The van der Waals surface area contributed by atoms with E-state index in [0.29, 0.717) is 18.4 Å². The van der Waals surface area contributed by atoms with Gasteiger partial charge in [-0.15, -0.1) is 0 Å². The lowest BCUT2D eigenvalue weighted by molar-refractivity contribution is -0.135. The number of urea groups is 1. The summed E-state index contributed by atoms with van der Waals surface area (Å²) < 4.78 is 0. The first-order valence-electron chi connectivity index (χ1n) is 20.7. The molecule has 1 saturated heterocycles. The Kier molecular flexibility index (Phi) is 9.62. The van der Waals surface area contributed by atoms with Crippen molar-refractivity contribution in [3.8, 4) is 0 Å². The number of carbonyl (C=O) groups excluding carboxylic acids is 3. The largest absolute Gasteiger partial charge is 0.344 e. The van der Waals surface area contributed by atoms with E-state index in [1.807, 2.05) is 0 Å². The van der Waals surface area contributed by atoms with Crippen LogP contribution in [0, 0.1) is 0 Å². The maximum Gasteiger partial charge on any atom is 0.333 e. The summed E-state index contributed by atoms with van der Waals surface area (Å²) >= 11 is 0. The van der Waals surface area contributed by atoms with Crippen molar-refractivity contribution in [3.05, 3.63) is 142 Å². The third-order valence-electron chi connectivity index (χ3n) is 12.8. The summed E-state index contributed by atoms with van der Waals surface area (Å²) in [6, 6.07) is 25.5. The number of likely N-dealkylation sites (N-methyl/N-ethyl adjacent to an activating group) is 4. The number of fused-ring (bicyclic) bond motifs is 6. The van der Waals surface area contributed by atoms with Gasteiger partial charge in [0.1, 0.15) is 5.57 Å². The van der Waals surface area contributed by atoms with E-state index in [4.69, 9.17) is 0 Å². The Morgan fingerprint density at radius 2 is 0.912 bits per heavy atom. The van der Waals surface area contributed by atoms with Gasteiger partial charge in [0.05, 0.1) is 0 Å². The molecule has 1 saturated carbocycles. The molecule has 0 bridgehead atoms. The molecule has 57 heavy (non-hydrogen) atoms. The maximum atomic E-state index is 14.4. The third kappa shape index (κ3) is 5.80. The number of allylic oxidation sites excluding steroid dienone is 9. The second-order valence-electron chi connectivity index (χ2n) is 16.6. The van der Waals surface area contributed by atoms with Gasteiger partial charge >= 0.3 is 6.03 Å². The van der Waals surface area contributed by atoms with E-state index in [1.54, 1.807) is 13.8 Å². The average Bonchev–Trinajstić information content (AvgIpc) is 3.57. The van der Waals surface area contributed by atoms with Crippen LogP contribution < -0.4 is 9.80 Å². The molecular formula is C50H54N4O3. The van der Waals surface area contributed by atoms with Crippen LogP contribution in [-0.4, -0.2) is 53.8 Å². The highest BCUT2D eigenvalue weighted by Crippen LogP contribution is 2.52. The Hall–Kier alpha value is -5.69. The van der Waals surface area contributed by atoms with Crippen molar-refractivity contribution in [2.75, 3.05) is 36.0 Å². The van der Waals surface area contributed by atoms with Gasteiger partial charge in [-0.05, 0) is 121 Å². The third-order valence-corrected chi connectivity index (χ3v) is 12.8. The maximum absolute atomic E-state index is 14.4. The van der Waals surface area contributed by atoms with Crippen LogP contribution in [0.5, 0.6) is 0 Å². The minimum atomic E-state index is -0.553. The standard InChI is InChI=1S/C50H54N4O3/c1-9-51-38-28-24-32-18-13-15-22-36(32)44(38)49(5,6)40(51)30-26-34-20-17-21-35(42(34)43-46(55)53(11-3)48(57)54(12-4)47(43)56)27-31-41-50(7,8)45-37-23-16-14-19-33(37)25-29-39(45)52(41)10-2/h13-16,18-19,22-31H,9-12,17,20-21H2,1-8H3/b34-26+,35-27+,40-30+,41-31?. The lowest BCUT2D eigenvalue weighted by atomic mass is 9.78. The van der Waals surface area contributed by atoms with Crippen molar-refractivity contribution in [2.45, 2.75) is 85.5 Å². The minimum absolute atomic E-state index is 0.0897. The topological polar surface area (TPSA) is 64.2 Å². The molecule has 0 radical (unpaired) electrons. The fraction of sp³-hybridized carbons (Fsp3) is 0.340. The van der Waals surface area contributed by atoms with E-state index in [2.05, 4.69) is 148 Å². The predicted molar refractivity (Wildman–Crippen MR) is 233 cm³/mol. The molecular weight excluding hydrogens is 705 g/mol. The lowest BCUT2D eigenvalue weighted by Crippen LogP contribution is -2.56. The highest BCUT2D eigenvalue weighted by Gasteiger charge is 2.45. The van der Waals surface area contributed by atoms with E-state index >= 15 is 0 Å². The summed E-state index contributed by atoms with van der Waals surface area (Å²) in [5.41, 5.74) is 9.42. The SMILES string of the molecule is CCN1C(=O)C(=C2/C(=C/C=C3N(CC)c4ccc5ccccc5c4C3(C)C)CCC/C2=C\C=C2\N(CC)c3ccc4ccccc4c3C2(C)C)C(=O)N(CC)C1=O. The molecule has 0 atom stereocenters. The summed E-state index contributed by atoms with van der Waals surface area (Å²) in [6.07, 6.45) is 11.0. The quantitative estimate of drug-likeness (QED) is 0.145. The molecule has 4 aromatic carbocycles. The number of rotatable bonds is 6. The Labute approximate surface area is 337 Å². The van der Waals surface area contributed by atoms with Gasteiger partial charge in [-0.3, -0.25) is 19.4 Å². The molecule has 3 heterocycles. The predicted octanol–water partition coefficient (Wildman–Crippen LogP) is 10.9. The van der Waals surface area contributed by atoms with Gasteiger partial charge < -0.3 is 9.80 Å². The van der Waals surface area contributed by atoms with E-state index in [1.165, 1.54) is 65.2 Å². The summed E-state index contributed by atoms with van der Waals surface area (Å²) in [5, 5.41) is 4.94. The Balaban J connectivity index is 1.31. The number of barbiturate groups is 1. The molecule has 4 amide bonds. The van der Waals surface area contributed by atoms with Crippen molar-refractivity contribution in [1.82, 2.24) is 9.80 Å². The van der Waals surface area contributed by atoms with Crippen molar-refractivity contribution in [3.63, 3.8) is 0 Å². The molecule has 292 valence electrons. The van der Waals surface area contributed by atoms with Gasteiger partial charge in [-0.25, -0.2) is 4.79 Å². The Morgan fingerprint density at radius 1 is 0.509 bits per heavy atom. The van der Waals surface area contributed by atoms with Crippen molar-refractivity contribution in [1.29, 1.82) is 0 Å². The number of anilines is 2. The van der Waals surface area contributed by atoms with Gasteiger partial charge in [0, 0.05) is 59.8 Å². The molecule has 3 aliphatic heterocycles. The zero-order valence-electron chi connectivity index (χ0n) is 34.7. The summed E-state index contributed by atoms with van der Waals surface area (Å²) in [4.78, 5) is 49.4. The van der Waals surface area contributed by atoms with Crippen molar-refractivity contribution in [2.24, 2.45) is 0 Å². The molecule has 2 fully saturated rings. The van der Waals surface area contributed by atoms with E-state index < -0.39 is 17.8 Å². The van der Waals surface area contributed by atoms with Crippen LogP contribution in [-0.2, 0) is 20.4 Å². The van der Waals surface area contributed by atoms with E-state index in [-0.39, 0.29) is 29.5 Å². The number of imide groups is 2. The summed E-state index contributed by atoms with van der Waals surface area (Å²) in [6.45, 7) is 19.1. The minimum Gasteiger partial charge on any atom is -0.344 e. The highest BCUT2D eigenvalue weighted by atomic mass is 16.2. The average molecular weight is 759 g/mol. The van der Waals surface area contributed by atoms with Gasteiger partial charge in [-0.1, -0.05) is 101 Å². The number of hydrogen-bond acceptors (Lipinski definition) is 5. The molecule has 8 rings (SSSR count). The number of benzene rings is 4. The molecule has 0 spiro atoms. The van der Waals surface area contributed by atoms with Gasteiger partial charge in [-0.2, -0.15) is 0 Å². The van der Waals surface area contributed by atoms with Crippen LogP contribution in [0.2, 0.25) is 0 Å².